The largest absolute Gasteiger partial charge is 0.472 e. The minimum absolute atomic E-state index is 0.0117. The van der Waals surface area contributed by atoms with Crippen LogP contribution in [-0.4, -0.2) is 66.3 Å². The number of rotatable bonds is 46. The van der Waals surface area contributed by atoms with E-state index in [-0.39, 0.29) is 13.0 Å². The maximum atomic E-state index is 12.7. The van der Waals surface area contributed by atoms with Crippen molar-refractivity contribution in [3.8, 4) is 0 Å². The molecule has 0 amide bonds. The maximum Gasteiger partial charge on any atom is 0.472 e. The van der Waals surface area contributed by atoms with Gasteiger partial charge < -0.3 is 24.6 Å². The number of hydrogen-bond acceptors (Lipinski definition) is 8. The van der Waals surface area contributed by atoms with Crippen LogP contribution in [0.5, 0.6) is 0 Å². The maximum absolute atomic E-state index is 12.7. The number of allylic oxidation sites excluding steroid dienone is 22. The number of aliphatic hydroxyl groups is 2. The molecule has 0 aromatic rings. The second-order valence-electron chi connectivity index (χ2n) is 16.1. The molecule has 3 atom stereocenters. The van der Waals surface area contributed by atoms with Gasteiger partial charge in [-0.3, -0.25) is 13.8 Å². The van der Waals surface area contributed by atoms with Crippen molar-refractivity contribution < 1.29 is 43.0 Å². The second-order valence-corrected chi connectivity index (χ2v) is 17.5. The van der Waals surface area contributed by atoms with Gasteiger partial charge in [0.25, 0.3) is 0 Å². The van der Waals surface area contributed by atoms with Gasteiger partial charge in [-0.25, -0.2) is 4.57 Å². The predicted molar refractivity (Wildman–Crippen MR) is 278 cm³/mol. The van der Waals surface area contributed by atoms with Crippen LogP contribution in [0.4, 0.5) is 0 Å². The number of carbonyl (C=O) groups is 1. The first-order valence-electron chi connectivity index (χ1n) is 25.2. The Labute approximate surface area is 402 Å². The molecule has 3 unspecified atom stereocenters. The fraction of sp³-hybridized carbons (Fsp3) is 0.589. The summed E-state index contributed by atoms with van der Waals surface area (Å²) < 4.78 is 33.4. The smallest absolute Gasteiger partial charge is 0.457 e. The van der Waals surface area contributed by atoms with Gasteiger partial charge in [-0.1, -0.05) is 192 Å². The van der Waals surface area contributed by atoms with Crippen molar-refractivity contribution in [3.05, 3.63) is 134 Å². The van der Waals surface area contributed by atoms with Crippen LogP contribution >= 0.6 is 7.82 Å². The standard InChI is InChI=1S/C56H91O9P/c1-3-5-7-9-11-13-15-17-19-21-23-25-27-28-30-32-34-36-38-40-42-44-46-48-56(59)65-55(53-64-66(60,61)63-51-54(58)50-57)52-62-49-47-45-43-41-39-37-35-33-31-29-26-24-22-20-18-16-14-12-10-8-6-4-2/h5-8,11-14,17-20,23-26,28,30,34,36,40,42,54-55,57-58H,3-4,9-10,15-16,21-22,27,29,31-33,35,37-39,41,43-53H2,1-2H3,(H,60,61)/b7-5-,8-6-,13-11-,14-12-,19-17-,20-18-,25-23-,26-24-,30-28-,36-34-,42-40-. The van der Waals surface area contributed by atoms with Crippen molar-refractivity contribution in [2.45, 2.75) is 180 Å². The number of hydrogen-bond donors (Lipinski definition) is 3. The summed E-state index contributed by atoms with van der Waals surface area (Å²) in [5, 5.41) is 18.4. The van der Waals surface area contributed by atoms with E-state index in [1.807, 2.05) is 6.08 Å². The van der Waals surface area contributed by atoms with E-state index in [2.05, 4.69) is 141 Å². The van der Waals surface area contributed by atoms with E-state index in [0.717, 1.165) is 103 Å². The van der Waals surface area contributed by atoms with E-state index in [0.29, 0.717) is 13.0 Å². The van der Waals surface area contributed by atoms with Crippen LogP contribution in [0.25, 0.3) is 0 Å². The zero-order valence-corrected chi connectivity index (χ0v) is 42.0. The summed E-state index contributed by atoms with van der Waals surface area (Å²) >= 11 is 0. The van der Waals surface area contributed by atoms with Crippen molar-refractivity contribution in [2.75, 3.05) is 33.0 Å². The van der Waals surface area contributed by atoms with Crippen molar-refractivity contribution in [1.29, 1.82) is 0 Å². The van der Waals surface area contributed by atoms with E-state index >= 15 is 0 Å². The Balaban J connectivity index is 4.25. The molecule has 0 spiro atoms. The van der Waals surface area contributed by atoms with Crippen LogP contribution in [-0.2, 0) is 27.9 Å². The number of aliphatic hydroxyl groups excluding tert-OH is 2. The van der Waals surface area contributed by atoms with Crippen LogP contribution in [0.2, 0.25) is 0 Å². The Morgan fingerprint density at radius 3 is 1.23 bits per heavy atom. The molecule has 374 valence electrons. The summed E-state index contributed by atoms with van der Waals surface area (Å²) in [7, 11) is -4.55. The summed E-state index contributed by atoms with van der Waals surface area (Å²) in [6.07, 6.45) is 69.9. The zero-order valence-electron chi connectivity index (χ0n) is 41.1. The molecule has 0 aromatic carbocycles. The molecule has 0 heterocycles. The van der Waals surface area contributed by atoms with E-state index in [1.165, 1.54) is 38.5 Å². The molecule has 0 aliphatic carbocycles. The van der Waals surface area contributed by atoms with Gasteiger partial charge in [-0.2, -0.15) is 0 Å². The Kier molecular flexibility index (Phi) is 48.4. The normalized spacial score (nSPS) is 14.9. The third-order valence-electron chi connectivity index (χ3n) is 9.83. The van der Waals surface area contributed by atoms with E-state index in [4.69, 9.17) is 23.6 Å². The lowest BCUT2D eigenvalue weighted by Gasteiger charge is -2.20. The molecule has 10 heteroatoms. The molecule has 3 N–H and O–H groups in total. The minimum atomic E-state index is -4.55. The highest BCUT2D eigenvalue weighted by Crippen LogP contribution is 2.43. The molecule has 0 fully saturated rings. The number of carbonyl (C=O) groups excluding carboxylic acids is 1. The number of phosphoric ester groups is 1. The molecular formula is C56H91O9P. The van der Waals surface area contributed by atoms with Gasteiger partial charge in [0.1, 0.15) is 12.2 Å². The summed E-state index contributed by atoms with van der Waals surface area (Å²) in [6.45, 7) is 3.17. The first kappa shape index (κ1) is 62.6. The molecule has 0 bridgehead atoms. The quantitative estimate of drug-likeness (QED) is 0.0236. The summed E-state index contributed by atoms with van der Waals surface area (Å²) in [4.78, 5) is 22.7. The summed E-state index contributed by atoms with van der Waals surface area (Å²) in [5.41, 5.74) is 0. The van der Waals surface area contributed by atoms with Crippen molar-refractivity contribution in [1.82, 2.24) is 0 Å². The van der Waals surface area contributed by atoms with Gasteiger partial charge in [0.05, 0.1) is 26.4 Å². The minimum Gasteiger partial charge on any atom is -0.457 e. The third kappa shape index (κ3) is 50.0. The predicted octanol–water partition coefficient (Wildman–Crippen LogP) is 14.9. The highest BCUT2D eigenvalue weighted by molar-refractivity contribution is 7.47. The monoisotopic (exact) mass is 939 g/mol. The molecule has 0 aliphatic heterocycles. The van der Waals surface area contributed by atoms with E-state index in [9.17, 15) is 19.4 Å². The van der Waals surface area contributed by atoms with Crippen LogP contribution in [0.15, 0.2) is 134 Å². The van der Waals surface area contributed by atoms with Gasteiger partial charge >= 0.3 is 13.8 Å². The topological polar surface area (TPSA) is 132 Å². The summed E-state index contributed by atoms with van der Waals surface area (Å²) in [6, 6.07) is 0. The fourth-order valence-corrected chi connectivity index (χ4v) is 6.89. The lowest BCUT2D eigenvalue weighted by Crippen LogP contribution is -2.29. The molecule has 0 saturated heterocycles. The van der Waals surface area contributed by atoms with Crippen molar-refractivity contribution >= 4 is 13.8 Å². The third-order valence-corrected chi connectivity index (χ3v) is 10.8. The van der Waals surface area contributed by atoms with E-state index < -0.39 is 45.8 Å². The molecule has 9 nitrogen and oxygen atoms in total. The van der Waals surface area contributed by atoms with Gasteiger partial charge in [-0.05, 0) is 103 Å². The lowest BCUT2D eigenvalue weighted by molar-refractivity contribution is -0.154. The molecule has 0 aliphatic rings. The van der Waals surface area contributed by atoms with Crippen LogP contribution < -0.4 is 0 Å². The second kappa shape index (κ2) is 51.0. The summed E-state index contributed by atoms with van der Waals surface area (Å²) in [5.74, 6) is -0.448. The molecule has 0 saturated carbocycles. The molecule has 0 radical (unpaired) electrons. The Morgan fingerprint density at radius 2 is 0.818 bits per heavy atom. The van der Waals surface area contributed by atoms with Gasteiger partial charge in [-0.15, -0.1) is 0 Å². The number of unbranched alkanes of at least 4 members (excludes halogenated alkanes) is 10. The van der Waals surface area contributed by atoms with Crippen molar-refractivity contribution in [2.24, 2.45) is 0 Å². The van der Waals surface area contributed by atoms with Gasteiger partial charge in [0, 0.05) is 13.0 Å². The average molecular weight is 939 g/mol. The van der Waals surface area contributed by atoms with Gasteiger partial charge in [0.2, 0.25) is 0 Å². The Morgan fingerprint density at radius 1 is 0.470 bits per heavy atom. The molecule has 0 rings (SSSR count). The SMILES string of the molecule is CC/C=C\C/C=C\C/C=C\C/C=C\C/C=C\C/C=C\C/C=C\CCCC(=O)OC(COCCCCCCCCCCC/C=C\C/C=C\C/C=C\C/C=C\CC)COP(=O)(O)OCC(O)CO. The zero-order chi connectivity index (χ0) is 48.1. The lowest BCUT2D eigenvalue weighted by atomic mass is 10.1. The first-order valence-corrected chi connectivity index (χ1v) is 26.7. The molecular weight excluding hydrogens is 848 g/mol. The average Bonchev–Trinajstić information content (AvgIpc) is 3.31. The molecule has 66 heavy (non-hydrogen) atoms. The Hall–Kier alpha value is -3.40. The van der Waals surface area contributed by atoms with Crippen LogP contribution in [0, 0.1) is 0 Å². The fourth-order valence-electron chi connectivity index (χ4n) is 6.10. The van der Waals surface area contributed by atoms with Crippen LogP contribution in [0.3, 0.4) is 0 Å². The first-order chi connectivity index (χ1) is 32.3. The van der Waals surface area contributed by atoms with Gasteiger partial charge in [0.15, 0.2) is 0 Å². The van der Waals surface area contributed by atoms with Crippen LogP contribution in [0.1, 0.15) is 168 Å². The highest BCUT2D eigenvalue weighted by atomic mass is 31.2. The highest BCUT2D eigenvalue weighted by Gasteiger charge is 2.26. The van der Waals surface area contributed by atoms with Crippen molar-refractivity contribution in [3.63, 3.8) is 0 Å². The van der Waals surface area contributed by atoms with E-state index in [1.54, 1.807) is 0 Å². The number of esters is 1. The molecule has 0 aromatic heterocycles. The number of phosphoric acid groups is 1. The Bertz CT molecular complexity index is 1480. The number of ether oxygens (including phenoxy) is 2.